The summed E-state index contributed by atoms with van der Waals surface area (Å²) in [5, 5.41) is 13.2. The number of hydrogen-bond donors (Lipinski definition) is 2. The van der Waals surface area contributed by atoms with E-state index in [1.165, 1.54) is 15.3 Å². The summed E-state index contributed by atoms with van der Waals surface area (Å²) in [5.41, 5.74) is 1.20. The van der Waals surface area contributed by atoms with Gasteiger partial charge in [0, 0.05) is 32.9 Å². The van der Waals surface area contributed by atoms with Crippen LogP contribution in [0.5, 0.6) is 0 Å². The van der Waals surface area contributed by atoms with Crippen molar-refractivity contribution in [1.29, 1.82) is 0 Å². The van der Waals surface area contributed by atoms with Gasteiger partial charge in [-0.2, -0.15) is 0 Å². The molecule has 1 unspecified atom stereocenters. The number of aliphatic hydroxyl groups is 1. The normalized spacial score (nSPS) is 12.5. The minimum atomic E-state index is -0.613. The maximum atomic E-state index is 9.95. The first-order valence-electron chi connectivity index (χ1n) is 7.00. The molecule has 1 aromatic carbocycles. The Morgan fingerprint density at radius 3 is 2.77 bits per heavy atom. The Balaban J connectivity index is 1.57. The highest BCUT2D eigenvalue weighted by Crippen LogP contribution is 2.33. The summed E-state index contributed by atoms with van der Waals surface area (Å²) < 4.78 is 6.28. The van der Waals surface area contributed by atoms with Crippen LogP contribution in [0, 0.1) is 0 Å². The van der Waals surface area contributed by atoms with Crippen molar-refractivity contribution >= 4 is 27.3 Å². The summed E-state index contributed by atoms with van der Waals surface area (Å²) >= 11 is 5.34. The second-order valence-corrected chi connectivity index (χ2v) is 6.93. The van der Waals surface area contributed by atoms with Crippen molar-refractivity contribution in [1.82, 2.24) is 5.32 Å². The van der Waals surface area contributed by atoms with E-state index in [1.807, 2.05) is 18.2 Å². The number of nitrogens with one attached hydrogen (secondary N) is 1. The van der Waals surface area contributed by atoms with Gasteiger partial charge < -0.3 is 14.8 Å². The number of aliphatic hydroxyl groups excluding tert-OH is 1. The highest BCUT2D eigenvalue weighted by molar-refractivity contribution is 9.10. The highest BCUT2D eigenvalue weighted by atomic mass is 79.9. The lowest BCUT2D eigenvalue weighted by molar-refractivity contribution is 0.147. The molecule has 3 nitrogen and oxygen atoms in total. The minimum absolute atomic E-state index is 0.468. The van der Waals surface area contributed by atoms with E-state index in [0.717, 1.165) is 11.0 Å². The molecular weight excluding hydrogens is 362 g/mol. The van der Waals surface area contributed by atoms with E-state index in [2.05, 4.69) is 39.4 Å². The fourth-order valence-corrected chi connectivity index (χ4v) is 3.84. The van der Waals surface area contributed by atoms with Gasteiger partial charge in [-0.1, -0.05) is 34.1 Å². The zero-order valence-electron chi connectivity index (χ0n) is 11.8. The molecule has 114 valence electrons. The molecule has 0 aliphatic heterocycles. The molecule has 0 radical (unpaired) electrons. The Bertz CT molecular complexity index is 724. The molecule has 3 rings (SSSR count). The van der Waals surface area contributed by atoms with Crippen LogP contribution in [0.3, 0.4) is 0 Å². The Kier molecular flexibility index (Phi) is 5.10. The van der Waals surface area contributed by atoms with Crippen molar-refractivity contribution in [3.63, 3.8) is 0 Å². The highest BCUT2D eigenvalue weighted by Gasteiger charge is 2.10. The molecule has 0 saturated carbocycles. The molecule has 22 heavy (non-hydrogen) atoms. The van der Waals surface area contributed by atoms with Gasteiger partial charge in [0.05, 0.1) is 6.26 Å². The monoisotopic (exact) mass is 377 g/mol. The van der Waals surface area contributed by atoms with Crippen LogP contribution < -0.4 is 5.32 Å². The molecule has 2 heterocycles. The summed E-state index contributed by atoms with van der Waals surface area (Å²) in [4.78, 5) is 2.47. The van der Waals surface area contributed by atoms with Gasteiger partial charge in [0.2, 0.25) is 0 Å². The van der Waals surface area contributed by atoms with Crippen molar-refractivity contribution in [2.24, 2.45) is 0 Å². The maximum Gasteiger partial charge on any atom is 0.133 e. The van der Waals surface area contributed by atoms with Crippen molar-refractivity contribution in [3.8, 4) is 10.4 Å². The fraction of sp³-hybridized carbons (Fsp3) is 0.176. The Hall–Kier alpha value is -1.40. The minimum Gasteiger partial charge on any atom is -0.467 e. The van der Waals surface area contributed by atoms with Crippen molar-refractivity contribution in [2.75, 3.05) is 6.54 Å². The number of furan rings is 1. The van der Waals surface area contributed by atoms with Gasteiger partial charge in [-0.15, -0.1) is 11.3 Å². The zero-order valence-corrected chi connectivity index (χ0v) is 14.2. The molecule has 1 atom stereocenters. The molecule has 5 heteroatoms. The maximum absolute atomic E-state index is 9.95. The quantitative estimate of drug-likeness (QED) is 0.659. The third-order valence-corrected chi connectivity index (χ3v) is 5.12. The predicted octanol–water partition coefficient (Wildman–Crippen LogP) is 4.59. The summed E-state index contributed by atoms with van der Waals surface area (Å²) in [6, 6.07) is 16.0. The summed E-state index contributed by atoms with van der Waals surface area (Å²) in [6.45, 7) is 1.20. The van der Waals surface area contributed by atoms with Crippen LogP contribution in [0.2, 0.25) is 0 Å². The molecule has 0 fully saturated rings. The Labute approximate surface area is 141 Å². The lowest BCUT2D eigenvalue weighted by Crippen LogP contribution is -2.20. The first-order chi connectivity index (χ1) is 10.7. The molecule has 0 saturated heterocycles. The van der Waals surface area contributed by atoms with E-state index < -0.39 is 6.10 Å². The SMILES string of the molecule is OC(CNCc1ccc(-c2ccccc2Br)s1)c1ccco1. The van der Waals surface area contributed by atoms with Gasteiger partial charge in [0.15, 0.2) is 0 Å². The Morgan fingerprint density at radius 2 is 2.00 bits per heavy atom. The predicted molar refractivity (Wildman–Crippen MR) is 92.8 cm³/mol. The largest absolute Gasteiger partial charge is 0.467 e. The van der Waals surface area contributed by atoms with Crippen molar-refractivity contribution in [3.05, 3.63) is 69.9 Å². The zero-order chi connectivity index (χ0) is 15.4. The molecular formula is C17H16BrNO2S. The van der Waals surface area contributed by atoms with Gasteiger partial charge in [-0.3, -0.25) is 0 Å². The van der Waals surface area contributed by atoms with Gasteiger partial charge in [0.25, 0.3) is 0 Å². The molecule has 0 aliphatic carbocycles. The second-order valence-electron chi connectivity index (χ2n) is 4.91. The number of hydrogen-bond acceptors (Lipinski definition) is 4. The number of halogens is 1. The molecule has 2 N–H and O–H groups in total. The molecule has 2 aromatic heterocycles. The van der Waals surface area contributed by atoms with Gasteiger partial charge in [-0.05, 0) is 30.3 Å². The first kappa shape index (κ1) is 15.5. The fourth-order valence-electron chi connectivity index (χ4n) is 2.19. The van der Waals surface area contributed by atoms with Gasteiger partial charge >= 0.3 is 0 Å². The Morgan fingerprint density at radius 1 is 1.14 bits per heavy atom. The molecule has 0 aliphatic rings. The van der Waals surface area contributed by atoms with E-state index in [-0.39, 0.29) is 0 Å². The standard InChI is InChI=1S/C17H16BrNO2S/c18-14-5-2-1-4-13(14)17-8-7-12(22-17)10-19-11-15(20)16-6-3-9-21-16/h1-9,15,19-20H,10-11H2. The number of thiophene rings is 1. The van der Waals surface area contributed by atoms with Crippen molar-refractivity contribution in [2.45, 2.75) is 12.6 Å². The van der Waals surface area contributed by atoms with Crippen LogP contribution in [0.25, 0.3) is 10.4 Å². The summed E-state index contributed by atoms with van der Waals surface area (Å²) in [6.07, 6.45) is 0.958. The molecule has 3 aromatic rings. The van der Waals surface area contributed by atoms with E-state index in [0.29, 0.717) is 12.3 Å². The van der Waals surface area contributed by atoms with E-state index >= 15 is 0 Å². The average molecular weight is 378 g/mol. The van der Waals surface area contributed by atoms with Gasteiger partial charge in [-0.25, -0.2) is 0 Å². The first-order valence-corrected chi connectivity index (χ1v) is 8.61. The smallest absolute Gasteiger partial charge is 0.133 e. The molecule has 0 amide bonds. The van der Waals surface area contributed by atoms with Crippen molar-refractivity contribution < 1.29 is 9.52 Å². The van der Waals surface area contributed by atoms with E-state index in [1.54, 1.807) is 29.7 Å². The molecule has 0 bridgehead atoms. The topological polar surface area (TPSA) is 45.4 Å². The van der Waals surface area contributed by atoms with E-state index in [9.17, 15) is 5.11 Å². The van der Waals surface area contributed by atoms with Crippen LogP contribution in [0.15, 0.2) is 63.7 Å². The summed E-state index contributed by atoms with van der Waals surface area (Å²) in [7, 11) is 0. The third kappa shape index (κ3) is 3.67. The lowest BCUT2D eigenvalue weighted by atomic mass is 10.2. The van der Waals surface area contributed by atoms with Crippen LogP contribution in [0.4, 0.5) is 0 Å². The third-order valence-electron chi connectivity index (χ3n) is 3.31. The van der Waals surface area contributed by atoms with E-state index in [4.69, 9.17) is 4.42 Å². The summed E-state index contributed by atoms with van der Waals surface area (Å²) in [5.74, 6) is 0.590. The van der Waals surface area contributed by atoms with Crippen LogP contribution >= 0.6 is 27.3 Å². The number of benzene rings is 1. The lowest BCUT2D eigenvalue weighted by Gasteiger charge is -2.08. The average Bonchev–Trinajstić information content (AvgIpc) is 3.19. The number of rotatable bonds is 6. The van der Waals surface area contributed by atoms with Gasteiger partial charge in [0.1, 0.15) is 11.9 Å². The molecule has 0 spiro atoms. The van der Waals surface area contributed by atoms with Crippen LogP contribution in [0.1, 0.15) is 16.7 Å². The second kappa shape index (κ2) is 7.24. The van der Waals surface area contributed by atoms with Crippen LogP contribution in [-0.2, 0) is 6.54 Å². The van der Waals surface area contributed by atoms with Crippen LogP contribution in [-0.4, -0.2) is 11.7 Å².